The second-order valence-corrected chi connectivity index (χ2v) is 10.6. The number of ether oxygens (including phenoxy) is 1. The molecule has 0 N–H and O–H groups in total. The average Bonchev–Trinajstić information content (AvgIpc) is 3.26. The maximum absolute atomic E-state index is 15.0. The minimum Gasteiger partial charge on any atom is -0.490 e. The Balaban J connectivity index is 1.44. The van der Waals surface area contributed by atoms with Gasteiger partial charge in [0.2, 0.25) is 0 Å². The molecule has 1 aromatic heterocycles. The molecule has 0 bridgehead atoms. The molecular weight excluding hydrogens is 454 g/mol. The Kier molecular flexibility index (Phi) is 6.88. The summed E-state index contributed by atoms with van der Waals surface area (Å²) in [4.78, 5) is 5.30. The van der Waals surface area contributed by atoms with Crippen LogP contribution in [-0.2, 0) is 22.1 Å². The van der Waals surface area contributed by atoms with Gasteiger partial charge in [-0.25, -0.2) is 22.2 Å². The zero-order valence-corrected chi connectivity index (χ0v) is 19.3. The number of aromatic nitrogens is 1. The summed E-state index contributed by atoms with van der Waals surface area (Å²) in [7, 11) is -4.22. The Hall–Kier alpha value is -2.36. The molecule has 4 rings (SSSR count). The molecule has 2 aromatic carbocycles. The fraction of sp³-hybridized carbons (Fsp3) is 0.348. The van der Waals surface area contributed by atoms with E-state index in [1.165, 1.54) is 29.3 Å². The zero-order chi connectivity index (χ0) is 22.7. The van der Waals surface area contributed by atoms with E-state index in [1.54, 1.807) is 5.38 Å². The Bertz CT molecular complexity index is 1160. The van der Waals surface area contributed by atoms with Gasteiger partial charge in [-0.15, -0.1) is 11.3 Å². The molecule has 0 unspecified atom stereocenters. The summed E-state index contributed by atoms with van der Waals surface area (Å²) in [6.07, 6.45) is 1.26. The summed E-state index contributed by atoms with van der Waals surface area (Å²) >= 11 is 1.22. The van der Waals surface area contributed by atoms with Gasteiger partial charge in [-0.3, -0.25) is 4.90 Å². The van der Waals surface area contributed by atoms with E-state index in [0.29, 0.717) is 0 Å². The number of halogens is 2. The van der Waals surface area contributed by atoms with Gasteiger partial charge in [0.25, 0.3) is 0 Å². The summed E-state index contributed by atoms with van der Waals surface area (Å²) in [5, 5.41) is 1.54. The van der Waals surface area contributed by atoms with Gasteiger partial charge in [0.1, 0.15) is 22.6 Å². The molecule has 170 valence electrons. The summed E-state index contributed by atoms with van der Waals surface area (Å²) in [5.41, 5.74) is 2.97. The molecule has 0 spiro atoms. The highest BCUT2D eigenvalue weighted by atomic mass is 32.2. The normalized spacial score (nSPS) is 15.7. The van der Waals surface area contributed by atoms with Crippen LogP contribution in [-0.4, -0.2) is 37.5 Å². The Labute approximate surface area is 190 Å². The van der Waals surface area contributed by atoms with Gasteiger partial charge in [0.05, 0.1) is 17.0 Å². The first-order valence-electron chi connectivity index (χ1n) is 10.3. The molecule has 1 saturated heterocycles. The van der Waals surface area contributed by atoms with Crippen LogP contribution >= 0.6 is 11.3 Å². The number of piperidine rings is 1. The average molecular weight is 479 g/mol. The monoisotopic (exact) mass is 478 g/mol. The van der Waals surface area contributed by atoms with Crippen molar-refractivity contribution in [1.29, 1.82) is 0 Å². The van der Waals surface area contributed by atoms with Crippen LogP contribution in [0.15, 0.2) is 52.2 Å². The Morgan fingerprint density at radius 2 is 1.91 bits per heavy atom. The standard InChI is InChI=1S/C23H24F2N2O3S2/c1-16-21(30-19-7-9-27(10-8-19)12-17-5-3-2-4-6-17)11-20(24)23(22(16)25)32(28,29)14-18-13-31-15-26-18/h2-6,11,13,15,19H,7-10,12,14H2,1H3. The van der Waals surface area contributed by atoms with E-state index in [-0.39, 0.29) is 23.1 Å². The number of sulfone groups is 1. The van der Waals surface area contributed by atoms with Gasteiger partial charge in [-0.05, 0) is 25.3 Å². The number of likely N-dealkylation sites (tertiary alicyclic amines) is 1. The van der Waals surface area contributed by atoms with Crippen molar-refractivity contribution < 1.29 is 21.9 Å². The predicted octanol–water partition coefficient (Wildman–Crippen LogP) is 4.75. The van der Waals surface area contributed by atoms with Crippen LogP contribution in [0, 0.1) is 18.6 Å². The summed E-state index contributed by atoms with van der Waals surface area (Å²) < 4.78 is 60.9. The number of thiazole rings is 1. The number of rotatable bonds is 7. The van der Waals surface area contributed by atoms with E-state index in [4.69, 9.17) is 4.74 Å². The molecule has 0 radical (unpaired) electrons. The lowest BCUT2D eigenvalue weighted by molar-refractivity contribution is 0.0955. The molecule has 3 aromatic rings. The van der Waals surface area contributed by atoms with E-state index in [9.17, 15) is 17.2 Å². The Morgan fingerprint density at radius 1 is 1.19 bits per heavy atom. The molecule has 1 aliphatic rings. The fourth-order valence-electron chi connectivity index (χ4n) is 3.86. The third-order valence-corrected chi connectivity index (χ3v) is 7.89. The molecule has 5 nitrogen and oxygen atoms in total. The van der Waals surface area contributed by atoms with Crippen molar-refractivity contribution in [1.82, 2.24) is 9.88 Å². The van der Waals surface area contributed by atoms with Crippen LogP contribution in [0.25, 0.3) is 0 Å². The third-order valence-electron chi connectivity index (χ3n) is 5.58. The van der Waals surface area contributed by atoms with Crippen LogP contribution in [0.1, 0.15) is 29.7 Å². The smallest absolute Gasteiger partial charge is 0.189 e. The molecule has 2 heterocycles. The minimum atomic E-state index is -4.22. The first kappa shape index (κ1) is 22.8. The van der Waals surface area contributed by atoms with Crippen LogP contribution in [0.5, 0.6) is 5.75 Å². The maximum Gasteiger partial charge on any atom is 0.189 e. The van der Waals surface area contributed by atoms with Crippen molar-refractivity contribution in [3.8, 4) is 5.75 Å². The van der Waals surface area contributed by atoms with Crippen molar-refractivity contribution in [2.45, 2.75) is 43.1 Å². The van der Waals surface area contributed by atoms with Crippen LogP contribution in [0.2, 0.25) is 0 Å². The predicted molar refractivity (Wildman–Crippen MR) is 119 cm³/mol. The number of benzene rings is 2. The quantitative estimate of drug-likeness (QED) is 0.491. The Morgan fingerprint density at radius 3 is 2.56 bits per heavy atom. The molecule has 1 fully saturated rings. The number of hydrogen-bond donors (Lipinski definition) is 0. The van der Waals surface area contributed by atoms with Gasteiger partial charge in [0, 0.05) is 36.6 Å². The van der Waals surface area contributed by atoms with Crippen molar-refractivity contribution in [2.75, 3.05) is 13.1 Å². The first-order valence-corrected chi connectivity index (χ1v) is 12.9. The number of hydrogen-bond acceptors (Lipinski definition) is 6. The highest BCUT2D eigenvalue weighted by molar-refractivity contribution is 7.90. The van der Waals surface area contributed by atoms with Crippen molar-refractivity contribution in [2.24, 2.45) is 0 Å². The fourth-order valence-corrected chi connectivity index (χ4v) is 6.00. The minimum absolute atomic E-state index is 0.00466. The van der Waals surface area contributed by atoms with Crippen molar-refractivity contribution in [3.63, 3.8) is 0 Å². The highest BCUT2D eigenvalue weighted by Crippen LogP contribution is 2.33. The lowest BCUT2D eigenvalue weighted by atomic mass is 10.1. The van der Waals surface area contributed by atoms with E-state index in [2.05, 4.69) is 22.0 Å². The summed E-state index contributed by atoms with van der Waals surface area (Å²) in [6, 6.07) is 11.2. The van der Waals surface area contributed by atoms with E-state index in [1.807, 2.05) is 18.2 Å². The zero-order valence-electron chi connectivity index (χ0n) is 17.6. The molecular formula is C23H24F2N2O3S2. The van der Waals surface area contributed by atoms with Gasteiger partial charge < -0.3 is 4.74 Å². The largest absolute Gasteiger partial charge is 0.490 e. The summed E-state index contributed by atoms with van der Waals surface area (Å²) in [5.74, 6) is -2.74. The van der Waals surface area contributed by atoms with Crippen molar-refractivity contribution in [3.05, 3.63) is 75.7 Å². The SMILES string of the molecule is Cc1c(OC2CCN(Cc3ccccc3)CC2)cc(F)c(S(=O)(=O)Cc2cscn2)c1F. The summed E-state index contributed by atoms with van der Waals surface area (Å²) in [6.45, 7) is 3.88. The molecule has 9 heteroatoms. The highest BCUT2D eigenvalue weighted by Gasteiger charge is 2.30. The van der Waals surface area contributed by atoms with E-state index < -0.39 is 32.1 Å². The second-order valence-electron chi connectivity index (χ2n) is 7.94. The molecule has 0 aliphatic carbocycles. The van der Waals surface area contributed by atoms with E-state index in [0.717, 1.165) is 38.5 Å². The van der Waals surface area contributed by atoms with Gasteiger partial charge >= 0.3 is 0 Å². The van der Waals surface area contributed by atoms with Gasteiger partial charge in [-0.2, -0.15) is 0 Å². The molecule has 0 atom stereocenters. The molecule has 1 aliphatic heterocycles. The molecule has 32 heavy (non-hydrogen) atoms. The first-order chi connectivity index (χ1) is 15.3. The molecule has 0 amide bonds. The molecule has 0 saturated carbocycles. The second kappa shape index (κ2) is 9.64. The number of nitrogens with zero attached hydrogens (tertiary/aromatic N) is 2. The van der Waals surface area contributed by atoms with Gasteiger partial charge in [-0.1, -0.05) is 30.3 Å². The lowest BCUT2D eigenvalue weighted by Gasteiger charge is -2.32. The van der Waals surface area contributed by atoms with Crippen LogP contribution < -0.4 is 4.74 Å². The third kappa shape index (κ3) is 5.16. The van der Waals surface area contributed by atoms with Gasteiger partial charge in [0.15, 0.2) is 15.7 Å². The maximum atomic E-state index is 15.0. The topological polar surface area (TPSA) is 59.5 Å². The van der Waals surface area contributed by atoms with Crippen LogP contribution in [0.4, 0.5) is 8.78 Å². The van der Waals surface area contributed by atoms with Crippen LogP contribution in [0.3, 0.4) is 0 Å². The van der Waals surface area contributed by atoms with Crippen molar-refractivity contribution >= 4 is 21.2 Å². The lowest BCUT2D eigenvalue weighted by Crippen LogP contribution is -2.37. The van der Waals surface area contributed by atoms with E-state index >= 15 is 0 Å².